The van der Waals surface area contributed by atoms with Crippen molar-refractivity contribution < 1.29 is 14.3 Å². The first kappa shape index (κ1) is 19.5. The van der Waals surface area contributed by atoms with Gasteiger partial charge in [0.1, 0.15) is 5.75 Å². The van der Waals surface area contributed by atoms with Gasteiger partial charge in [0.25, 0.3) is 0 Å². The second kappa shape index (κ2) is 8.59. The van der Waals surface area contributed by atoms with Gasteiger partial charge in [-0.1, -0.05) is 49.2 Å². The van der Waals surface area contributed by atoms with Crippen molar-refractivity contribution in [1.82, 2.24) is 0 Å². The second-order valence-corrected chi connectivity index (χ2v) is 7.38. The Balaban J connectivity index is 1.73. The monoisotopic (exact) mass is 403 g/mol. The smallest absolute Gasteiger partial charge is 0.363 e. The highest BCUT2D eigenvalue weighted by Crippen LogP contribution is 2.26. The molecule has 0 saturated heterocycles. The number of benzene rings is 2. The van der Waals surface area contributed by atoms with Gasteiger partial charge in [0.15, 0.2) is 5.70 Å². The number of hydrogen-bond acceptors (Lipinski definition) is 4. The summed E-state index contributed by atoms with van der Waals surface area (Å²) in [5, 5.41) is 0.801. The minimum absolute atomic E-state index is 0.207. The van der Waals surface area contributed by atoms with E-state index in [9.17, 15) is 4.79 Å². The lowest BCUT2D eigenvalue weighted by molar-refractivity contribution is -0.129. The third-order valence-electron chi connectivity index (χ3n) is 3.93. The zero-order valence-corrected chi connectivity index (χ0v) is 16.6. The highest BCUT2D eigenvalue weighted by Gasteiger charge is 2.24. The van der Waals surface area contributed by atoms with E-state index in [1.54, 1.807) is 24.3 Å². The highest BCUT2D eigenvalue weighted by atomic mass is 35.5. The maximum Gasteiger partial charge on any atom is 0.363 e. The molecule has 0 N–H and O–H groups in total. The van der Waals surface area contributed by atoms with Crippen LogP contribution in [0.3, 0.4) is 0 Å². The summed E-state index contributed by atoms with van der Waals surface area (Å²) in [6.45, 7) is 5.00. The topological polar surface area (TPSA) is 47.9 Å². The van der Waals surface area contributed by atoms with E-state index in [1.807, 2.05) is 24.3 Å². The molecule has 0 atom stereocenters. The van der Waals surface area contributed by atoms with Crippen LogP contribution >= 0.6 is 23.2 Å². The van der Waals surface area contributed by atoms with E-state index in [4.69, 9.17) is 32.7 Å². The molecule has 1 aliphatic rings. The number of nitrogens with zero attached hydrogens (tertiary/aromatic N) is 1. The average Bonchev–Trinajstić information content (AvgIpc) is 2.99. The van der Waals surface area contributed by atoms with Crippen molar-refractivity contribution in [3.05, 3.63) is 69.3 Å². The molecule has 0 fully saturated rings. The summed E-state index contributed by atoms with van der Waals surface area (Å²) in [4.78, 5) is 16.4. The van der Waals surface area contributed by atoms with Gasteiger partial charge in [0.05, 0.1) is 16.7 Å². The van der Waals surface area contributed by atoms with E-state index >= 15 is 0 Å². The fraction of sp³-hybridized carbons (Fsp3) is 0.238. The molecule has 0 aliphatic carbocycles. The Bertz CT molecular complexity index is 902. The van der Waals surface area contributed by atoms with Crippen LogP contribution in [0.4, 0.5) is 0 Å². The van der Waals surface area contributed by atoms with Gasteiger partial charge in [-0.15, -0.1) is 0 Å². The highest BCUT2D eigenvalue weighted by molar-refractivity contribution is 6.42. The van der Waals surface area contributed by atoms with Gasteiger partial charge in [0, 0.05) is 5.56 Å². The molecule has 6 heteroatoms. The average molecular weight is 404 g/mol. The molecule has 2 aromatic carbocycles. The maximum absolute atomic E-state index is 12.1. The molecule has 0 aromatic heterocycles. The molecular weight excluding hydrogens is 385 g/mol. The molecule has 0 unspecified atom stereocenters. The van der Waals surface area contributed by atoms with E-state index in [2.05, 4.69) is 18.8 Å². The van der Waals surface area contributed by atoms with Crippen molar-refractivity contribution in [1.29, 1.82) is 0 Å². The summed E-state index contributed by atoms with van der Waals surface area (Å²) < 4.78 is 10.9. The maximum atomic E-state index is 12.1. The van der Waals surface area contributed by atoms with Gasteiger partial charge in [-0.3, -0.25) is 0 Å². The number of carbonyl (C=O) groups is 1. The van der Waals surface area contributed by atoms with Crippen molar-refractivity contribution >= 4 is 41.1 Å². The number of halogens is 2. The SMILES string of the molecule is CC(C)CCOc1ccc(/C=C2/N=C(c3ccc(Cl)c(Cl)c3)OC2=O)cc1. The lowest BCUT2D eigenvalue weighted by atomic mass is 10.1. The van der Waals surface area contributed by atoms with Gasteiger partial charge in [-0.05, 0) is 54.3 Å². The summed E-state index contributed by atoms with van der Waals surface area (Å²) in [5.41, 5.74) is 1.65. The van der Waals surface area contributed by atoms with Gasteiger partial charge >= 0.3 is 5.97 Å². The Morgan fingerprint density at radius 2 is 1.85 bits per heavy atom. The number of carbonyl (C=O) groups excluding carboxylic acids is 1. The van der Waals surface area contributed by atoms with Gasteiger partial charge in [0.2, 0.25) is 5.90 Å². The summed E-state index contributed by atoms with van der Waals surface area (Å²) in [7, 11) is 0. The predicted octanol–water partition coefficient (Wildman–Crippen LogP) is 5.76. The Labute approximate surface area is 168 Å². The van der Waals surface area contributed by atoms with Crippen LogP contribution in [-0.2, 0) is 9.53 Å². The number of hydrogen-bond donors (Lipinski definition) is 0. The Morgan fingerprint density at radius 1 is 1.11 bits per heavy atom. The number of rotatable bonds is 6. The fourth-order valence-electron chi connectivity index (χ4n) is 2.39. The van der Waals surface area contributed by atoms with Crippen LogP contribution < -0.4 is 4.74 Å². The largest absolute Gasteiger partial charge is 0.494 e. The third kappa shape index (κ3) is 5.12. The van der Waals surface area contributed by atoms with Crippen LogP contribution in [-0.4, -0.2) is 18.5 Å². The number of esters is 1. The molecular formula is C21H19Cl2NO3. The van der Waals surface area contributed by atoms with Crippen LogP contribution in [0.25, 0.3) is 6.08 Å². The zero-order chi connectivity index (χ0) is 19.4. The van der Waals surface area contributed by atoms with Crippen LogP contribution in [0.2, 0.25) is 10.0 Å². The van der Waals surface area contributed by atoms with Gasteiger partial charge in [-0.25, -0.2) is 9.79 Å². The molecule has 0 radical (unpaired) electrons. The molecule has 2 aromatic rings. The zero-order valence-electron chi connectivity index (χ0n) is 15.0. The third-order valence-corrected chi connectivity index (χ3v) is 4.67. The first-order valence-corrected chi connectivity index (χ1v) is 9.39. The quantitative estimate of drug-likeness (QED) is 0.454. The van der Waals surface area contributed by atoms with E-state index < -0.39 is 5.97 Å². The molecule has 1 heterocycles. The normalized spacial score (nSPS) is 15.2. The number of cyclic esters (lactones) is 1. The first-order valence-electron chi connectivity index (χ1n) is 8.63. The van der Waals surface area contributed by atoms with Crippen molar-refractivity contribution in [3.8, 4) is 5.75 Å². The van der Waals surface area contributed by atoms with Crippen LogP contribution in [0, 0.1) is 5.92 Å². The lowest BCUT2D eigenvalue weighted by Gasteiger charge is -2.08. The lowest BCUT2D eigenvalue weighted by Crippen LogP contribution is -2.05. The molecule has 1 aliphatic heterocycles. The van der Waals surface area contributed by atoms with E-state index in [1.165, 1.54) is 0 Å². The Hall–Kier alpha value is -2.30. The van der Waals surface area contributed by atoms with Crippen molar-refractivity contribution in [2.75, 3.05) is 6.61 Å². The first-order chi connectivity index (χ1) is 12.9. The molecule has 27 heavy (non-hydrogen) atoms. The standard InChI is InChI=1S/C21H19Cl2NO3/c1-13(2)9-10-26-16-6-3-14(4-7-16)11-19-21(25)27-20(24-19)15-5-8-17(22)18(23)12-15/h3-8,11-13H,9-10H2,1-2H3/b19-11+. The number of aliphatic imine (C=N–C) groups is 1. The fourth-order valence-corrected chi connectivity index (χ4v) is 2.69. The second-order valence-electron chi connectivity index (χ2n) is 6.56. The van der Waals surface area contributed by atoms with Crippen LogP contribution in [0.5, 0.6) is 5.75 Å². The molecule has 0 bridgehead atoms. The Morgan fingerprint density at radius 3 is 2.52 bits per heavy atom. The van der Waals surface area contributed by atoms with E-state index in [0.717, 1.165) is 17.7 Å². The number of ether oxygens (including phenoxy) is 2. The molecule has 4 nitrogen and oxygen atoms in total. The molecule has 0 spiro atoms. The van der Waals surface area contributed by atoms with Gasteiger partial charge in [-0.2, -0.15) is 0 Å². The summed E-state index contributed by atoms with van der Waals surface area (Å²) in [6.07, 6.45) is 2.68. The minimum atomic E-state index is -0.506. The molecule has 0 saturated carbocycles. The predicted molar refractivity (Wildman–Crippen MR) is 108 cm³/mol. The summed E-state index contributed by atoms with van der Waals surface area (Å²) >= 11 is 11.9. The Kier molecular flexibility index (Phi) is 6.19. The van der Waals surface area contributed by atoms with Crippen molar-refractivity contribution in [3.63, 3.8) is 0 Å². The van der Waals surface area contributed by atoms with Crippen LogP contribution in [0.1, 0.15) is 31.4 Å². The van der Waals surface area contributed by atoms with E-state index in [-0.39, 0.29) is 11.6 Å². The summed E-state index contributed by atoms with van der Waals surface area (Å²) in [6, 6.07) is 12.4. The molecule has 140 valence electrons. The molecule has 0 amide bonds. The molecule has 3 rings (SSSR count). The van der Waals surface area contributed by atoms with E-state index in [0.29, 0.717) is 28.1 Å². The van der Waals surface area contributed by atoms with Crippen molar-refractivity contribution in [2.24, 2.45) is 10.9 Å². The summed E-state index contributed by atoms with van der Waals surface area (Å²) in [5.74, 6) is 1.10. The van der Waals surface area contributed by atoms with Gasteiger partial charge < -0.3 is 9.47 Å². The minimum Gasteiger partial charge on any atom is -0.494 e. The van der Waals surface area contributed by atoms with Crippen LogP contribution in [0.15, 0.2) is 53.2 Å². The van der Waals surface area contributed by atoms with Crippen molar-refractivity contribution in [2.45, 2.75) is 20.3 Å².